The number of anilines is 2. The molecule has 1 saturated heterocycles. The lowest BCUT2D eigenvalue weighted by Crippen LogP contribution is -2.41. The lowest BCUT2D eigenvalue weighted by atomic mass is 10.3. The van der Waals surface area contributed by atoms with Crippen LogP contribution in [-0.2, 0) is 4.74 Å². The molecule has 0 aliphatic carbocycles. The zero-order chi connectivity index (χ0) is 21.3. The van der Waals surface area contributed by atoms with Crippen LogP contribution in [-0.4, -0.2) is 52.9 Å². The predicted octanol–water partition coefficient (Wildman–Crippen LogP) is 4.18. The predicted molar refractivity (Wildman–Crippen MR) is 110 cm³/mol. The molecule has 1 amide bonds. The molecule has 0 bridgehead atoms. The summed E-state index contributed by atoms with van der Waals surface area (Å²) in [6, 6.07) is 9.14. The number of amides is 1. The third-order valence-electron chi connectivity index (χ3n) is 4.72. The monoisotopic (exact) mass is 456 g/mol. The Morgan fingerprint density at radius 2 is 1.94 bits per heavy atom. The molecular formula is C20H20ClF3N4O3. The van der Waals surface area contributed by atoms with Crippen LogP contribution in [0.2, 0.25) is 0 Å². The van der Waals surface area contributed by atoms with Gasteiger partial charge in [-0.15, -0.1) is 25.6 Å². The molecule has 0 unspecified atom stereocenters. The van der Waals surface area contributed by atoms with E-state index in [4.69, 9.17) is 4.74 Å². The molecule has 2 aromatic heterocycles. The summed E-state index contributed by atoms with van der Waals surface area (Å²) in [5, 5.41) is 3.01. The third-order valence-corrected chi connectivity index (χ3v) is 4.72. The number of hydrogen-bond acceptors (Lipinski definition) is 5. The number of alkyl halides is 3. The lowest BCUT2D eigenvalue weighted by molar-refractivity contribution is -0.274. The van der Waals surface area contributed by atoms with Crippen LogP contribution in [0, 0.1) is 6.92 Å². The molecule has 1 N–H and O–H groups in total. The van der Waals surface area contributed by atoms with Crippen LogP contribution in [0.25, 0.3) is 5.52 Å². The van der Waals surface area contributed by atoms with Gasteiger partial charge in [0.2, 0.25) is 0 Å². The van der Waals surface area contributed by atoms with Crippen LogP contribution < -0.4 is 10.1 Å². The van der Waals surface area contributed by atoms with Gasteiger partial charge in [-0.3, -0.25) is 4.79 Å². The summed E-state index contributed by atoms with van der Waals surface area (Å²) < 4.78 is 48.5. The fraction of sp³-hybridized carbons (Fsp3) is 0.300. The quantitative estimate of drug-likeness (QED) is 0.638. The minimum absolute atomic E-state index is 0. The summed E-state index contributed by atoms with van der Waals surface area (Å²) in [6.07, 6.45) is -3.31. The summed E-state index contributed by atoms with van der Waals surface area (Å²) in [5.41, 5.74) is 2.25. The Morgan fingerprint density at radius 1 is 1.19 bits per heavy atom. The van der Waals surface area contributed by atoms with E-state index in [1.54, 1.807) is 21.4 Å². The zero-order valence-corrected chi connectivity index (χ0v) is 17.3. The van der Waals surface area contributed by atoms with Crippen LogP contribution in [0.3, 0.4) is 0 Å². The van der Waals surface area contributed by atoms with Crippen molar-refractivity contribution in [3.8, 4) is 5.75 Å². The van der Waals surface area contributed by atoms with Crippen molar-refractivity contribution in [2.45, 2.75) is 13.3 Å². The van der Waals surface area contributed by atoms with Crippen molar-refractivity contribution in [3.05, 3.63) is 54.0 Å². The van der Waals surface area contributed by atoms with Gasteiger partial charge in [0.05, 0.1) is 24.9 Å². The van der Waals surface area contributed by atoms with Gasteiger partial charge in [0, 0.05) is 30.5 Å². The minimum Gasteiger partial charge on any atom is -0.406 e. The largest absolute Gasteiger partial charge is 0.573 e. The molecule has 1 fully saturated rings. The Labute approximate surface area is 182 Å². The van der Waals surface area contributed by atoms with Gasteiger partial charge < -0.3 is 24.1 Å². The SMILES string of the molecule is Cc1ccc2c(Nc3cccc(OC(F)(F)F)c3)ncc(C(=O)N3CCOCC3)n12.Cl. The van der Waals surface area contributed by atoms with Crippen molar-refractivity contribution in [1.29, 1.82) is 0 Å². The second-order valence-electron chi connectivity index (χ2n) is 6.79. The average molecular weight is 457 g/mol. The molecule has 0 saturated carbocycles. The van der Waals surface area contributed by atoms with Crippen LogP contribution >= 0.6 is 12.4 Å². The number of aryl methyl sites for hydroxylation is 1. The van der Waals surface area contributed by atoms with Crippen LogP contribution in [0.15, 0.2) is 42.6 Å². The minimum atomic E-state index is -4.77. The van der Waals surface area contributed by atoms with Gasteiger partial charge in [-0.05, 0) is 31.2 Å². The highest BCUT2D eigenvalue weighted by atomic mass is 35.5. The Kier molecular flexibility index (Phi) is 6.61. The molecule has 166 valence electrons. The first-order chi connectivity index (χ1) is 14.3. The molecule has 3 aromatic rings. The number of morpholine rings is 1. The molecule has 0 radical (unpaired) electrons. The highest BCUT2D eigenvalue weighted by Gasteiger charge is 2.31. The van der Waals surface area contributed by atoms with Crippen LogP contribution in [0.5, 0.6) is 5.75 Å². The van der Waals surface area contributed by atoms with E-state index in [-0.39, 0.29) is 24.1 Å². The molecule has 11 heteroatoms. The smallest absolute Gasteiger partial charge is 0.406 e. The van der Waals surface area contributed by atoms with Crippen molar-refractivity contribution in [3.63, 3.8) is 0 Å². The maximum Gasteiger partial charge on any atom is 0.573 e. The molecule has 1 aliphatic heterocycles. The molecule has 0 atom stereocenters. The fourth-order valence-electron chi connectivity index (χ4n) is 3.38. The van der Waals surface area contributed by atoms with Gasteiger partial charge in [-0.2, -0.15) is 0 Å². The number of halogens is 4. The first kappa shape index (κ1) is 22.7. The van der Waals surface area contributed by atoms with E-state index in [2.05, 4.69) is 15.0 Å². The second kappa shape index (κ2) is 9.03. The van der Waals surface area contributed by atoms with Gasteiger partial charge in [0.25, 0.3) is 5.91 Å². The molecule has 31 heavy (non-hydrogen) atoms. The number of benzene rings is 1. The lowest BCUT2D eigenvalue weighted by Gasteiger charge is -2.27. The van der Waals surface area contributed by atoms with Crippen molar-refractivity contribution in [2.24, 2.45) is 0 Å². The van der Waals surface area contributed by atoms with E-state index >= 15 is 0 Å². The van der Waals surface area contributed by atoms with Crippen LogP contribution in [0.4, 0.5) is 24.7 Å². The number of rotatable bonds is 4. The summed E-state index contributed by atoms with van der Waals surface area (Å²) in [7, 11) is 0. The van der Waals surface area contributed by atoms with Gasteiger partial charge >= 0.3 is 6.36 Å². The van der Waals surface area contributed by atoms with Gasteiger partial charge in [-0.25, -0.2) is 4.98 Å². The van der Waals surface area contributed by atoms with Crippen LogP contribution in [0.1, 0.15) is 16.2 Å². The number of fused-ring (bicyclic) bond motifs is 1. The Hall–Kier alpha value is -2.98. The second-order valence-corrected chi connectivity index (χ2v) is 6.79. The maximum atomic E-state index is 13.0. The number of hydrogen-bond donors (Lipinski definition) is 1. The fourth-order valence-corrected chi connectivity index (χ4v) is 3.38. The summed E-state index contributed by atoms with van der Waals surface area (Å²) in [4.78, 5) is 19.1. The Morgan fingerprint density at radius 3 is 2.65 bits per heavy atom. The number of ether oxygens (including phenoxy) is 2. The zero-order valence-electron chi connectivity index (χ0n) is 16.5. The van der Waals surface area contributed by atoms with Crippen molar-refractivity contribution >= 4 is 35.3 Å². The highest BCUT2D eigenvalue weighted by Crippen LogP contribution is 2.28. The summed E-state index contributed by atoms with van der Waals surface area (Å²) in [5.74, 6) is -0.0813. The molecular weight excluding hydrogens is 437 g/mol. The molecule has 7 nitrogen and oxygen atoms in total. The van der Waals surface area contributed by atoms with E-state index < -0.39 is 6.36 Å². The van der Waals surface area contributed by atoms with Gasteiger partial charge in [0.15, 0.2) is 5.82 Å². The van der Waals surface area contributed by atoms with Gasteiger partial charge in [0.1, 0.15) is 11.4 Å². The maximum absolute atomic E-state index is 13.0. The first-order valence-corrected chi connectivity index (χ1v) is 9.29. The number of nitrogens with one attached hydrogen (secondary N) is 1. The highest BCUT2D eigenvalue weighted by molar-refractivity contribution is 5.94. The molecule has 1 aromatic carbocycles. The molecule has 0 spiro atoms. The average Bonchev–Trinajstić information content (AvgIpc) is 3.10. The summed E-state index contributed by atoms with van der Waals surface area (Å²) >= 11 is 0. The van der Waals surface area contributed by atoms with Crippen molar-refractivity contribution < 1.29 is 27.4 Å². The van der Waals surface area contributed by atoms with E-state index in [1.165, 1.54) is 24.4 Å². The van der Waals surface area contributed by atoms with Crippen molar-refractivity contribution in [2.75, 3.05) is 31.6 Å². The summed E-state index contributed by atoms with van der Waals surface area (Å²) in [6.45, 7) is 3.86. The number of carbonyl (C=O) groups excluding carboxylic acids is 1. The standard InChI is InChI=1S/C20H19F3N4O3.ClH/c1-13-5-6-16-18(25-14-3-2-4-15(11-14)30-20(21,22)23)24-12-17(27(13)16)19(28)26-7-9-29-10-8-26;/h2-6,11-12H,7-10H2,1H3,(H,24,25);1H. The van der Waals surface area contributed by atoms with E-state index in [0.717, 1.165) is 5.69 Å². The number of carbonyl (C=O) groups is 1. The molecule has 1 aliphatic rings. The first-order valence-electron chi connectivity index (χ1n) is 9.29. The van der Waals surface area contributed by atoms with Gasteiger partial charge in [-0.1, -0.05) is 6.07 Å². The number of aromatic nitrogens is 2. The molecule has 3 heterocycles. The Bertz CT molecular complexity index is 1080. The van der Waals surface area contributed by atoms with E-state index in [1.807, 2.05) is 13.0 Å². The van der Waals surface area contributed by atoms with Crippen molar-refractivity contribution in [1.82, 2.24) is 14.3 Å². The Balaban J connectivity index is 0.00000272. The van der Waals surface area contributed by atoms with E-state index in [0.29, 0.717) is 49.0 Å². The van der Waals surface area contributed by atoms with E-state index in [9.17, 15) is 18.0 Å². The number of nitrogens with zero attached hydrogens (tertiary/aromatic N) is 3. The molecule has 4 rings (SSSR count). The third kappa shape index (κ3) is 5.02. The normalized spacial score (nSPS) is 14.3. The topological polar surface area (TPSA) is 68.1 Å².